The predicted octanol–water partition coefficient (Wildman–Crippen LogP) is 4.70. The van der Waals surface area contributed by atoms with Gasteiger partial charge in [-0.2, -0.15) is 18.2 Å². The van der Waals surface area contributed by atoms with Crippen LogP contribution in [0.15, 0.2) is 6.07 Å². The highest BCUT2D eigenvalue weighted by atomic mass is 32.1. The van der Waals surface area contributed by atoms with E-state index in [9.17, 15) is 18.0 Å². The summed E-state index contributed by atoms with van der Waals surface area (Å²) < 4.78 is 46.6. The molecule has 1 N–H and O–H groups in total. The number of halogens is 3. The third-order valence-electron chi connectivity index (χ3n) is 6.40. The van der Waals surface area contributed by atoms with Crippen LogP contribution in [0.4, 0.5) is 29.7 Å². The van der Waals surface area contributed by atoms with Crippen LogP contribution >= 0.6 is 11.3 Å². The van der Waals surface area contributed by atoms with Gasteiger partial charge in [-0.1, -0.05) is 13.3 Å². The molecule has 0 aromatic carbocycles. The molecule has 1 atom stereocenters. The summed E-state index contributed by atoms with van der Waals surface area (Å²) in [7, 11) is 0. The van der Waals surface area contributed by atoms with Crippen LogP contribution in [0.1, 0.15) is 57.1 Å². The smallest absolute Gasteiger partial charge is 0.444 e. The molecule has 0 radical (unpaired) electrons. The van der Waals surface area contributed by atoms with E-state index in [2.05, 4.69) is 28.5 Å². The lowest BCUT2D eigenvalue weighted by Crippen LogP contribution is -2.37. The Morgan fingerprint density at radius 1 is 1.18 bits per heavy atom. The van der Waals surface area contributed by atoms with Crippen LogP contribution in [0.3, 0.4) is 0 Å². The summed E-state index contributed by atoms with van der Waals surface area (Å²) in [5.41, 5.74) is -0.569. The lowest BCUT2D eigenvalue weighted by Gasteiger charge is -2.29. The molecule has 0 spiro atoms. The van der Waals surface area contributed by atoms with Crippen LogP contribution in [-0.4, -0.2) is 67.0 Å². The first-order chi connectivity index (χ1) is 17.9. The molecule has 10 nitrogen and oxygen atoms in total. The van der Waals surface area contributed by atoms with Crippen LogP contribution in [-0.2, 0) is 30.4 Å². The number of nitrogens with one attached hydrogen (secondary N) is 1. The second kappa shape index (κ2) is 9.86. The average molecular weight is 553 g/mol. The second-order valence-corrected chi connectivity index (χ2v) is 11.7. The summed E-state index contributed by atoms with van der Waals surface area (Å²) in [6, 6.07) is 2.02. The minimum atomic E-state index is -4.55. The van der Waals surface area contributed by atoms with Crippen LogP contribution < -0.4 is 10.2 Å². The highest BCUT2D eigenvalue weighted by Gasteiger charge is 2.40. The minimum absolute atomic E-state index is 0.0540. The van der Waals surface area contributed by atoms with Gasteiger partial charge in [0.25, 0.3) is 0 Å². The van der Waals surface area contributed by atoms with E-state index in [1.165, 1.54) is 4.88 Å². The van der Waals surface area contributed by atoms with Crippen molar-refractivity contribution in [1.82, 2.24) is 29.6 Å². The number of hydrogen-bond donors (Lipinski definition) is 1. The molecule has 2 aliphatic heterocycles. The quantitative estimate of drug-likeness (QED) is 0.486. The van der Waals surface area contributed by atoms with E-state index in [4.69, 9.17) is 14.7 Å². The Morgan fingerprint density at radius 3 is 2.68 bits per heavy atom. The number of likely N-dealkylation sites (tertiary alicyclic amines) is 1. The molecular formula is C24H31F3N8O2S. The standard InChI is InChI=1S/C24H31F3N8O2S/c1-5-6-15-11-16-18(33-9-10-35-17(13-33)31-32-20(35)24(25,26)27)29-21(30-19(16)38-15)28-14-7-8-34(12-14)22(36)37-23(2,3)4/h11,14H,5-10,12-13H2,1-4H3,(H,28,29,30)/t14-/m0/s1. The van der Waals surface area contributed by atoms with E-state index in [1.54, 1.807) is 16.2 Å². The maximum absolute atomic E-state index is 13.3. The van der Waals surface area contributed by atoms with Gasteiger partial charge < -0.3 is 24.4 Å². The summed E-state index contributed by atoms with van der Waals surface area (Å²) in [6.45, 7) is 9.22. The van der Waals surface area contributed by atoms with Crippen LogP contribution in [0, 0.1) is 0 Å². The Bertz CT molecular complexity index is 1330. The fourth-order valence-electron chi connectivity index (χ4n) is 4.73. The van der Waals surface area contributed by atoms with Crippen molar-refractivity contribution in [3.63, 3.8) is 0 Å². The first-order valence-electron chi connectivity index (χ1n) is 12.7. The van der Waals surface area contributed by atoms with Gasteiger partial charge in [0, 0.05) is 37.1 Å². The lowest BCUT2D eigenvalue weighted by atomic mass is 10.2. The fraction of sp³-hybridized carbons (Fsp3) is 0.625. The normalized spacial score (nSPS) is 18.2. The number of thiophene rings is 1. The van der Waals surface area contributed by atoms with Crippen LogP contribution in [0.25, 0.3) is 10.2 Å². The Labute approximate surface area is 222 Å². The number of nitrogens with zero attached hydrogens (tertiary/aromatic N) is 7. The minimum Gasteiger partial charge on any atom is -0.444 e. The number of hydrogen-bond acceptors (Lipinski definition) is 9. The molecule has 5 rings (SSSR count). The Morgan fingerprint density at radius 2 is 1.97 bits per heavy atom. The lowest BCUT2D eigenvalue weighted by molar-refractivity contribution is -0.147. The van der Waals surface area contributed by atoms with Gasteiger partial charge in [0.2, 0.25) is 11.8 Å². The average Bonchev–Trinajstić information content (AvgIpc) is 3.54. The Balaban J connectivity index is 1.40. The van der Waals surface area contributed by atoms with E-state index in [1.807, 2.05) is 25.7 Å². The van der Waals surface area contributed by atoms with E-state index in [-0.39, 0.29) is 31.0 Å². The van der Waals surface area contributed by atoms with Gasteiger partial charge in [-0.3, -0.25) is 0 Å². The zero-order valence-electron chi connectivity index (χ0n) is 21.8. The molecule has 2 aliphatic rings. The molecule has 206 valence electrons. The summed E-state index contributed by atoms with van der Waals surface area (Å²) in [5, 5.41) is 11.4. The third kappa shape index (κ3) is 5.49. The molecule has 14 heteroatoms. The topological polar surface area (TPSA) is 101 Å². The number of aryl methyl sites for hydroxylation is 1. The van der Waals surface area contributed by atoms with Crippen molar-refractivity contribution in [2.45, 2.75) is 77.9 Å². The second-order valence-electron chi connectivity index (χ2n) is 10.6. The monoisotopic (exact) mass is 552 g/mol. The number of fused-ring (bicyclic) bond motifs is 2. The number of carbonyl (C=O) groups is 1. The summed E-state index contributed by atoms with van der Waals surface area (Å²) in [6.07, 6.45) is -2.30. The van der Waals surface area contributed by atoms with Crippen molar-refractivity contribution in [1.29, 1.82) is 0 Å². The third-order valence-corrected chi connectivity index (χ3v) is 7.49. The van der Waals surface area contributed by atoms with Crippen molar-refractivity contribution in [2.75, 3.05) is 29.9 Å². The van der Waals surface area contributed by atoms with Gasteiger partial charge in [-0.15, -0.1) is 21.5 Å². The van der Waals surface area contributed by atoms with Gasteiger partial charge in [-0.05, 0) is 39.7 Å². The van der Waals surface area contributed by atoms with Gasteiger partial charge in [0.1, 0.15) is 16.2 Å². The summed E-state index contributed by atoms with van der Waals surface area (Å²) in [5.74, 6) is 0.355. The molecule has 1 saturated heterocycles. The van der Waals surface area contributed by atoms with Crippen molar-refractivity contribution in [3.05, 3.63) is 22.6 Å². The highest BCUT2D eigenvalue weighted by molar-refractivity contribution is 7.18. The molecule has 5 heterocycles. The number of ether oxygens (including phenoxy) is 1. The summed E-state index contributed by atoms with van der Waals surface area (Å²) >= 11 is 1.59. The van der Waals surface area contributed by atoms with E-state index >= 15 is 0 Å². The summed E-state index contributed by atoms with van der Waals surface area (Å²) in [4.78, 5) is 27.6. The van der Waals surface area contributed by atoms with E-state index in [0.717, 1.165) is 27.6 Å². The van der Waals surface area contributed by atoms with Crippen molar-refractivity contribution in [3.8, 4) is 0 Å². The molecule has 38 heavy (non-hydrogen) atoms. The molecule has 3 aromatic heterocycles. The molecule has 1 amide bonds. The maximum atomic E-state index is 13.3. The highest BCUT2D eigenvalue weighted by Crippen LogP contribution is 2.36. The van der Waals surface area contributed by atoms with Gasteiger partial charge in [-0.25, -0.2) is 9.78 Å². The predicted molar refractivity (Wildman–Crippen MR) is 137 cm³/mol. The van der Waals surface area contributed by atoms with E-state index in [0.29, 0.717) is 37.8 Å². The van der Waals surface area contributed by atoms with Crippen molar-refractivity contribution < 1.29 is 22.7 Å². The number of rotatable bonds is 5. The van der Waals surface area contributed by atoms with Gasteiger partial charge in [0.15, 0.2) is 5.82 Å². The largest absolute Gasteiger partial charge is 0.451 e. The number of alkyl halides is 3. The van der Waals surface area contributed by atoms with Crippen LogP contribution in [0.5, 0.6) is 0 Å². The molecule has 3 aromatic rings. The molecule has 0 bridgehead atoms. The maximum Gasteiger partial charge on any atom is 0.451 e. The molecule has 0 unspecified atom stereocenters. The molecule has 0 saturated carbocycles. The first kappa shape index (κ1) is 26.4. The number of amides is 1. The van der Waals surface area contributed by atoms with Crippen molar-refractivity contribution >= 4 is 39.4 Å². The first-order valence-corrected chi connectivity index (χ1v) is 13.5. The molecule has 1 fully saturated rings. The number of carbonyl (C=O) groups excluding carboxylic acids is 1. The Hall–Kier alpha value is -3.16. The van der Waals surface area contributed by atoms with Gasteiger partial charge in [0.05, 0.1) is 11.9 Å². The number of anilines is 2. The molecule has 0 aliphatic carbocycles. The molecular weight excluding hydrogens is 521 g/mol. The number of aromatic nitrogens is 5. The zero-order chi connectivity index (χ0) is 27.2. The van der Waals surface area contributed by atoms with Gasteiger partial charge >= 0.3 is 12.3 Å². The zero-order valence-corrected chi connectivity index (χ0v) is 22.6. The fourth-order valence-corrected chi connectivity index (χ4v) is 5.86. The SMILES string of the molecule is CCCc1cc2c(N3CCn4c(nnc4C(F)(F)F)C3)nc(N[C@H]3CCN(C(=O)OC(C)(C)C)C3)nc2s1. The van der Waals surface area contributed by atoms with E-state index < -0.39 is 17.6 Å². The Kier molecular flexibility index (Phi) is 6.86. The van der Waals surface area contributed by atoms with Crippen LogP contribution in [0.2, 0.25) is 0 Å². The van der Waals surface area contributed by atoms with Crippen molar-refractivity contribution in [2.24, 2.45) is 0 Å².